The minimum atomic E-state index is -0.359. The molecule has 0 saturated heterocycles. The van der Waals surface area contributed by atoms with E-state index in [0.29, 0.717) is 24.3 Å². The van der Waals surface area contributed by atoms with Gasteiger partial charge in [-0.05, 0) is 46.1 Å². The zero-order chi connectivity index (χ0) is 17.1. The maximum Gasteiger partial charge on any atom is 0.253 e. The summed E-state index contributed by atoms with van der Waals surface area (Å²) in [5.41, 5.74) is 2.39. The molecule has 6 nitrogen and oxygen atoms in total. The molecule has 2 N–H and O–H groups in total. The fourth-order valence-electron chi connectivity index (χ4n) is 2.83. The molecule has 2 aromatic heterocycles. The van der Waals surface area contributed by atoms with Gasteiger partial charge >= 0.3 is 0 Å². The van der Waals surface area contributed by atoms with E-state index in [0.717, 1.165) is 17.1 Å². The first kappa shape index (κ1) is 17.3. The van der Waals surface area contributed by atoms with Crippen molar-refractivity contribution in [3.05, 3.63) is 34.8 Å². The molecule has 0 saturated carbocycles. The summed E-state index contributed by atoms with van der Waals surface area (Å²) in [6.07, 6.45) is 0.305. The van der Waals surface area contributed by atoms with Crippen molar-refractivity contribution in [1.82, 2.24) is 15.0 Å². The number of rotatable bonds is 6. The second-order valence-corrected chi connectivity index (χ2v) is 6.32. The third-order valence-corrected chi connectivity index (χ3v) is 3.87. The third kappa shape index (κ3) is 4.01. The van der Waals surface area contributed by atoms with Crippen molar-refractivity contribution in [2.45, 2.75) is 47.1 Å². The number of aliphatic hydroxyl groups excluding tert-OH is 1. The lowest BCUT2D eigenvalue weighted by atomic mass is 10.0. The highest BCUT2D eigenvalue weighted by molar-refractivity contribution is 5.95. The largest absolute Gasteiger partial charge is 0.393 e. The molecule has 0 bridgehead atoms. The van der Waals surface area contributed by atoms with Gasteiger partial charge in [0.15, 0.2) is 5.82 Å². The second-order valence-electron chi connectivity index (χ2n) is 6.32. The third-order valence-electron chi connectivity index (χ3n) is 3.87. The second kappa shape index (κ2) is 7.00. The van der Waals surface area contributed by atoms with Crippen LogP contribution >= 0.6 is 0 Å². The van der Waals surface area contributed by atoms with Gasteiger partial charge in [-0.25, -0.2) is 0 Å². The number of amides is 1. The van der Waals surface area contributed by atoms with E-state index in [2.05, 4.69) is 10.5 Å². The topological polar surface area (TPSA) is 80.3 Å². The van der Waals surface area contributed by atoms with Gasteiger partial charge < -0.3 is 14.9 Å². The first-order chi connectivity index (χ1) is 10.8. The molecule has 0 fully saturated rings. The lowest BCUT2D eigenvalue weighted by Gasteiger charge is -2.14. The highest BCUT2D eigenvalue weighted by Crippen LogP contribution is 2.20. The minimum absolute atomic E-state index is 0.109. The summed E-state index contributed by atoms with van der Waals surface area (Å²) in [5, 5.41) is 16.3. The van der Waals surface area contributed by atoms with E-state index in [1.807, 2.05) is 44.4 Å². The molecule has 2 rings (SSSR count). The molecule has 0 spiro atoms. The maximum atomic E-state index is 12.4. The Morgan fingerprint density at radius 2 is 2.04 bits per heavy atom. The molecule has 0 radical (unpaired) electrons. The van der Waals surface area contributed by atoms with Gasteiger partial charge in [-0.3, -0.25) is 9.36 Å². The summed E-state index contributed by atoms with van der Waals surface area (Å²) >= 11 is 0. The van der Waals surface area contributed by atoms with Gasteiger partial charge in [-0.1, -0.05) is 12.1 Å². The number of carbonyl (C=O) groups is 1. The van der Waals surface area contributed by atoms with Gasteiger partial charge in [0.1, 0.15) is 5.76 Å². The Kier molecular flexibility index (Phi) is 5.26. The van der Waals surface area contributed by atoms with Crippen LogP contribution in [0, 0.1) is 26.7 Å². The number of nitrogens with zero attached hydrogens (tertiary/aromatic N) is 2. The Balaban J connectivity index is 2.13. The number of hydrogen-bond acceptors (Lipinski definition) is 4. The predicted molar refractivity (Wildman–Crippen MR) is 87.8 cm³/mol. The number of aryl methyl sites for hydroxylation is 2. The van der Waals surface area contributed by atoms with Crippen LogP contribution in [0.25, 0.3) is 5.82 Å². The molecule has 0 aliphatic rings. The van der Waals surface area contributed by atoms with Crippen LogP contribution in [0.15, 0.2) is 16.7 Å². The number of nitrogens with one attached hydrogen (secondary N) is 1. The number of aliphatic hydroxyl groups is 1. The van der Waals surface area contributed by atoms with E-state index in [1.165, 1.54) is 0 Å². The molecule has 0 aliphatic heterocycles. The van der Waals surface area contributed by atoms with Crippen molar-refractivity contribution >= 4 is 5.91 Å². The summed E-state index contributed by atoms with van der Waals surface area (Å²) in [6, 6.07) is 3.69. The molecule has 2 heterocycles. The van der Waals surface area contributed by atoms with Crippen LogP contribution < -0.4 is 5.32 Å². The van der Waals surface area contributed by atoms with Crippen LogP contribution in [0.5, 0.6) is 0 Å². The summed E-state index contributed by atoms with van der Waals surface area (Å²) in [4.78, 5) is 12.4. The van der Waals surface area contributed by atoms with Crippen molar-refractivity contribution in [2.75, 3.05) is 6.54 Å². The standard InChI is InChI=1S/C17H25N3O3/c1-10(6-12(3)21)9-18-17(22)15-7-11(2)20(14(15)5)16-8-13(4)23-19-16/h7-8,10,12,21H,6,9H2,1-5H3,(H,18,22). The number of carbonyl (C=O) groups excluding carboxylic acids is 1. The van der Waals surface area contributed by atoms with Crippen LogP contribution in [-0.4, -0.2) is 33.4 Å². The van der Waals surface area contributed by atoms with E-state index >= 15 is 0 Å². The number of aromatic nitrogens is 2. The molecule has 2 aromatic rings. The predicted octanol–water partition coefficient (Wildman–Crippen LogP) is 2.53. The van der Waals surface area contributed by atoms with E-state index < -0.39 is 0 Å². The zero-order valence-corrected chi connectivity index (χ0v) is 14.4. The summed E-state index contributed by atoms with van der Waals surface area (Å²) in [7, 11) is 0. The monoisotopic (exact) mass is 319 g/mol. The van der Waals surface area contributed by atoms with Crippen molar-refractivity contribution in [2.24, 2.45) is 5.92 Å². The molecule has 2 unspecified atom stereocenters. The Bertz CT molecular complexity index is 685. The van der Waals surface area contributed by atoms with Crippen LogP contribution in [0.4, 0.5) is 0 Å². The van der Waals surface area contributed by atoms with Crippen LogP contribution in [0.2, 0.25) is 0 Å². The van der Waals surface area contributed by atoms with Crippen LogP contribution in [-0.2, 0) is 0 Å². The minimum Gasteiger partial charge on any atom is -0.393 e. The highest BCUT2D eigenvalue weighted by atomic mass is 16.5. The molecule has 2 atom stereocenters. The van der Waals surface area contributed by atoms with Gasteiger partial charge in [0.05, 0.1) is 11.7 Å². The van der Waals surface area contributed by atoms with E-state index in [-0.39, 0.29) is 17.9 Å². The Labute approximate surface area is 136 Å². The molecule has 0 aromatic carbocycles. The first-order valence-electron chi connectivity index (χ1n) is 7.88. The lowest BCUT2D eigenvalue weighted by Crippen LogP contribution is -2.29. The summed E-state index contributed by atoms with van der Waals surface area (Å²) in [5.74, 6) is 1.52. The first-order valence-corrected chi connectivity index (χ1v) is 7.88. The smallest absolute Gasteiger partial charge is 0.253 e. The average Bonchev–Trinajstić information content (AvgIpc) is 2.99. The molecule has 23 heavy (non-hydrogen) atoms. The van der Waals surface area contributed by atoms with Gasteiger partial charge in [-0.15, -0.1) is 0 Å². The molecule has 6 heteroatoms. The molecule has 126 valence electrons. The van der Waals surface area contributed by atoms with Gasteiger partial charge in [0, 0.05) is 24.0 Å². The van der Waals surface area contributed by atoms with E-state index in [4.69, 9.17) is 4.52 Å². The zero-order valence-electron chi connectivity index (χ0n) is 14.4. The van der Waals surface area contributed by atoms with Crippen molar-refractivity contribution < 1.29 is 14.4 Å². The van der Waals surface area contributed by atoms with Crippen LogP contribution in [0.1, 0.15) is 47.8 Å². The van der Waals surface area contributed by atoms with Crippen molar-refractivity contribution in [3.8, 4) is 5.82 Å². The Morgan fingerprint density at radius 1 is 1.35 bits per heavy atom. The SMILES string of the molecule is Cc1cc(-n2c(C)cc(C(=O)NCC(C)CC(C)O)c2C)no1. The fourth-order valence-corrected chi connectivity index (χ4v) is 2.83. The maximum absolute atomic E-state index is 12.4. The normalized spacial score (nSPS) is 13.8. The van der Waals surface area contributed by atoms with E-state index in [9.17, 15) is 9.90 Å². The molecule has 1 amide bonds. The molecule has 0 aliphatic carbocycles. The number of hydrogen-bond donors (Lipinski definition) is 2. The summed E-state index contributed by atoms with van der Waals surface area (Å²) in [6.45, 7) is 9.97. The van der Waals surface area contributed by atoms with Gasteiger partial charge in [-0.2, -0.15) is 0 Å². The van der Waals surface area contributed by atoms with E-state index in [1.54, 1.807) is 6.92 Å². The van der Waals surface area contributed by atoms with Crippen molar-refractivity contribution in [3.63, 3.8) is 0 Å². The quantitative estimate of drug-likeness (QED) is 0.857. The van der Waals surface area contributed by atoms with Gasteiger partial charge in [0.2, 0.25) is 0 Å². The van der Waals surface area contributed by atoms with Crippen molar-refractivity contribution in [1.29, 1.82) is 0 Å². The highest BCUT2D eigenvalue weighted by Gasteiger charge is 2.19. The van der Waals surface area contributed by atoms with Gasteiger partial charge in [0.25, 0.3) is 5.91 Å². The summed E-state index contributed by atoms with van der Waals surface area (Å²) < 4.78 is 7.03. The fraction of sp³-hybridized carbons (Fsp3) is 0.529. The molecular formula is C17H25N3O3. The Hall–Kier alpha value is -2.08. The lowest BCUT2D eigenvalue weighted by molar-refractivity contribution is 0.0938. The molecular weight excluding hydrogens is 294 g/mol. The van der Waals surface area contributed by atoms with Crippen LogP contribution in [0.3, 0.4) is 0 Å². The Morgan fingerprint density at radius 3 is 2.61 bits per heavy atom. The average molecular weight is 319 g/mol.